The molecular formula is C28H47N3O2. The third-order valence-corrected chi connectivity index (χ3v) is 7.31. The molecule has 3 rings (SSSR count). The molecule has 2 N–H and O–H groups in total. The van der Waals surface area contributed by atoms with Gasteiger partial charge in [-0.15, -0.1) is 0 Å². The van der Waals surface area contributed by atoms with E-state index < -0.39 is 0 Å². The standard InChI is InChI=1S/C21H32N2O.C7H15NO/c1-18(2)17-23-16-12-21(20(23)24)10-14-22(15-11-21)13-6-9-19-7-4-3-5-8-19;1-3-5-6(4-2)7(8)9/h3-5,7-8,18H,6,9-17H2,1-2H3;6H,3-5H2,1-2H3,(H2,8,9). The van der Waals surface area contributed by atoms with Crippen molar-refractivity contribution in [3.05, 3.63) is 35.9 Å². The van der Waals surface area contributed by atoms with Gasteiger partial charge >= 0.3 is 0 Å². The lowest BCUT2D eigenvalue weighted by molar-refractivity contribution is -0.138. The van der Waals surface area contributed by atoms with Crippen LogP contribution in [0.15, 0.2) is 30.3 Å². The highest BCUT2D eigenvalue weighted by atomic mass is 16.2. The number of nitrogens with zero attached hydrogens (tertiary/aromatic N) is 2. The van der Waals surface area contributed by atoms with Crippen LogP contribution in [0.4, 0.5) is 0 Å². The third-order valence-electron chi connectivity index (χ3n) is 7.31. The topological polar surface area (TPSA) is 66.6 Å². The molecule has 1 spiro atoms. The van der Waals surface area contributed by atoms with Crippen LogP contribution in [0.1, 0.15) is 78.2 Å². The fourth-order valence-electron chi connectivity index (χ4n) is 5.22. The van der Waals surface area contributed by atoms with Crippen LogP contribution >= 0.6 is 0 Å². The number of primary amides is 1. The lowest BCUT2D eigenvalue weighted by Gasteiger charge is -2.38. The zero-order chi connectivity index (χ0) is 24.3. The molecule has 2 saturated heterocycles. The number of carbonyl (C=O) groups excluding carboxylic acids is 2. The first-order valence-corrected chi connectivity index (χ1v) is 13.2. The maximum Gasteiger partial charge on any atom is 0.228 e. The van der Waals surface area contributed by atoms with Crippen molar-refractivity contribution in [2.45, 2.75) is 79.1 Å². The van der Waals surface area contributed by atoms with Crippen LogP contribution in [-0.4, -0.2) is 54.3 Å². The highest BCUT2D eigenvalue weighted by Gasteiger charge is 2.47. The van der Waals surface area contributed by atoms with Crippen LogP contribution in [0.5, 0.6) is 0 Å². The molecule has 1 unspecified atom stereocenters. The Balaban J connectivity index is 0.000000365. The number of hydrogen-bond donors (Lipinski definition) is 1. The summed E-state index contributed by atoms with van der Waals surface area (Å²) in [6.45, 7) is 13.7. The van der Waals surface area contributed by atoms with Gasteiger partial charge in [0.2, 0.25) is 11.8 Å². The molecule has 1 aromatic carbocycles. The summed E-state index contributed by atoms with van der Waals surface area (Å²) in [6.07, 6.45) is 8.43. The van der Waals surface area contributed by atoms with Crippen LogP contribution in [-0.2, 0) is 16.0 Å². The van der Waals surface area contributed by atoms with Gasteiger partial charge in [0.05, 0.1) is 5.41 Å². The summed E-state index contributed by atoms with van der Waals surface area (Å²) in [5, 5.41) is 0. The maximum absolute atomic E-state index is 12.8. The molecule has 0 aliphatic carbocycles. The second-order valence-electron chi connectivity index (χ2n) is 10.4. The molecule has 1 aromatic rings. The number of aryl methyl sites for hydroxylation is 1. The molecule has 2 aliphatic heterocycles. The van der Waals surface area contributed by atoms with E-state index in [0.29, 0.717) is 11.8 Å². The predicted molar refractivity (Wildman–Crippen MR) is 137 cm³/mol. The molecule has 2 fully saturated rings. The van der Waals surface area contributed by atoms with Gasteiger partial charge in [-0.05, 0) is 76.1 Å². The number of amides is 2. The van der Waals surface area contributed by atoms with E-state index in [1.54, 1.807) is 0 Å². The van der Waals surface area contributed by atoms with Crippen LogP contribution in [0, 0.1) is 17.3 Å². The van der Waals surface area contributed by atoms with Crippen LogP contribution < -0.4 is 5.73 Å². The van der Waals surface area contributed by atoms with Gasteiger partial charge < -0.3 is 15.5 Å². The molecule has 0 saturated carbocycles. The Hall–Kier alpha value is -1.88. The molecule has 186 valence electrons. The van der Waals surface area contributed by atoms with E-state index in [9.17, 15) is 9.59 Å². The number of carbonyl (C=O) groups is 2. The lowest BCUT2D eigenvalue weighted by Crippen LogP contribution is -2.45. The Morgan fingerprint density at radius 3 is 2.21 bits per heavy atom. The summed E-state index contributed by atoms with van der Waals surface area (Å²) < 4.78 is 0. The average molecular weight is 458 g/mol. The summed E-state index contributed by atoms with van der Waals surface area (Å²) >= 11 is 0. The van der Waals surface area contributed by atoms with Gasteiger partial charge in [-0.3, -0.25) is 9.59 Å². The molecule has 5 nitrogen and oxygen atoms in total. The molecule has 1 atom stereocenters. The Morgan fingerprint density at radius 1 is 1.06 bits per heavy atom. The molecule has 33 heavy (non-hydrogen) atoms. The van der Waals surface area contributed by atoms with Crippen molar-refractivity contribution in [1.29, 1.82) is 0 Å². The summed E-state index contributed by atoms with van der Waals surface area (Å²) in [5.74, 6) is 0.969. The van der Waals surface area contributed by atoms with Gasteiger partial charge in [-0.2, -0.15) is 0 Å². The number of benzene rings is 1. The zero-order valence-electron chi connectivity index (χ0n) is 21.5. The number of hydrogen-bond acceptors (Lipinski definition) is 3. The first-order valence-electron chi connectivity index (χ1n) is 13.2. The largest absolute Gasteiger partial charge is 0.369 e. The Labute approximate surface area is 202 Å². The van der Waals surface area contributed by atoms with Crippen LogP contribution in [0.3, 0.4) is 0 Å². The summed E-state index contributed by atoms with van der Waals surface area (Å²) in [7, 11) is 0. The maximum atomic E-state index is 12.8. The second-order valence-corrected chi connectivity index (χ2v) is 10.4. The SMILES string of the molecule is CC(C)CN1CCC2(CCN(CCCc3ccccc3)CC2)C1=O.CCCC(CC)C(N)=O. The molecule has 2 heterocycles. The van der Waals surface area contributed by atoms with Crippen molar-refractivity contribution < 1.29 is 9.59 Å². The molecular weight excluding hydrogens is 410 g/mol. The number of piperidine rings is 1. The minimum absolute atomic E-state index is 0.0230. The van der Waals surface area contributed by atoms with E-state index in [1.807, 2.05) is 6.92 Å². The normalized spacial score (nSPS) is 18.9. The fourth-order valence-corrected chi connectivity index (χ4v) is 5.22. The molecule has 0 bridgehead atoms. The minimum atomic E-state index is -0.153. The summed E-state index contributed by atoms with van der Waals surface area (Å²) in [6, 6.07) is 10.7. The molecule has 0 aromatic heterocycles. The minimum Gasteiger partial charge on any atom is -0.369 e. The van der Waals surface area contributed by atoms with Gasteiger partial charge in [0.25, 0.3) is 0 Å². The van der Waals surface area contributed by atoms with Crippen LogP contribution in [0.25, 0.3) is 0 Å². The first kappa shape index (κ1) is 27.4. The second kappa shape index (κ2) is 13.7. The van der Waals surface area contributed by atoms with Crippen molar-refractivity contribution in [3.8, 4) is 0 Å². The van der Waals surface area contributed by atoms with E-state index in [1.165, 1.54) is 12.0 Å². The Morgan fingerprint density at radius 2 is 1.70 bits per heavy atom. The third kappa shape index (κ3) is 8.44. The summed E-state index contributed by atoms with van der Waals surface area (Å²) in [5.41, 5.74) is 6.50. The van der Waals surface area contributed by atoms with Crippen molar-refractivity contribution in [1.82, 2.24) is 9.80 Å². The van der Waals surface area contributed by atoms with Gasteiger partial charge in [-0.1, -0.05) is 64.4 Å². The lowest BCUT2D eigenvalue weighted by atomic mass is 9.77. The van der Waals surface area contributed by atoms with E-state index in [2.05, 4.69) is 60.9 Å². The molecule has 2 amide bonds. The monoisotopic (exact) mass is 457 g/mol. The number of likely N-dealkylation sites (tertiary alicyclic amines) is 2. The van der Waals surface area contributed by atoms with Crippen molar-refractivity contribution >= 4 is 11.8 Å². The van der Waals surface area contributed by atoms with E-state index in [-0.39, 0.29) is 17.2 Å². The van der Waals surface area contributed by atoms with Gasteiger partial charge in [-0.25, -0.2) is 0 Å². The predicted octanol–water partition coefficient (Wildman–Crippen LogP) is 4.89. The van der Waals surface area contributed by atoms with E-state index >= 15 is 0 Å². The molecule has 5 heteroatoms. The van der Waals surface area contributed by atoms with Gasteiger partial charge in [0.15, 0.2) is 0 Å². The summed E-state index contributed by atoms with van der Waals surface area (Å²) in [4.78, 5) is 28.1. The highest BCUT2D eigenvalue weighted by Crippen LogP contribution is 2.41. The van der Waals surface area contributed by atoms with Crippen molar-refractivity contribution in [2.24, 2.45) is 23.0 Å². The smallest absolute Gasteiger partial charge is 0.228 e. The Bertz CT molecular complexity index is 711. The number of rotatable bonds is 10. The Kier molecular flexibility index (Phi) is 11.4. The van der Waals surface area contributed by atoms with Crippen LogP contribution in [0.2, 0.25) is 0 Å². The highest BCUT2D eigenvalue weighted by molar-refractivity contribution is 5.85. The van der Waals surface area contributed by atoms with E-state index in [4.69, 9.17) is 5.73 Å². The fraction of sp³-hybridized carbons (Fsp3) is 0.714. The molecule has 0 radical (unpaired) electrons. The van der Waals surface area contributed by atoms with Gasteiger partial charge in [0, 0.05) is 19.0 Å². The van der Waals surface area contributed by atoms with Crippen molar-refractivity contribution in [2.75, 3.05) is 32.7 Å². The van der Waals surface area contributed by atoms with Crippen molar-refractivity contribution in [3.63, 3.8) is 0 Å². The van der Waals surface area contributed by atoms with Gasteiger partial charge in [0.1, 0.15) is 0 Å². The zero-order valence-corrected chi connectivity index (χ0v) is 21.5. The quantitative estimate of drug-likeness (QED) is 0.544. The molecule has 2 aliphatic rings. The number of nitrogens with two attached hydrogens (primary N) is 1. The first-order chi connectivity index (χ1) is 15.8. The van der Waals surface area contributed by atoms with E-state index in [0.717, 1.165) is 77.7 Å². The average Bonchev–Trinajstić information content (AvgIpc) is 3.09.